The molecule has 1 N–H and O–H groups in total. The van der Waals surface area contributed by atoms with E-state index in [2.05, 4.69) is 10.4 Å². The summed E-state index contributed by atoms with van der Waals surface area (Å²) in [7, 11) is 3.55. The molecular formula is C14H31N3O2. The first kappa shape index (κ1) is 22.8. The van der Waals surface area contributed by atoms with Crippen molar-refractivity contribution in [3.8, 4) is 0 Å². The van der Waals surface area contributed by atoms with E-state index < -0.39 is 0 Å². The lowest BCUT2D eigenvalue weighted by molar-refractivity contribution is -0.109. The highest BCUT2D eigenvalue weighted by Crippen LogP contribution is 1.86. The van der Waals surface area contributed by atoms with Gasteiger partial charge in [-0.05, 0) is 19.4 Å². The minimum Gasteiger partial charge on any atom is -0.385 e. The second-order valence-corrected chi connectivity index (χ2v) is 3.05. The van der Waals surface area contributed by atoms with Gasteiger partial charge in [-0.2, -0.15) is 5.10 Å². The predicted molar refractivity (Wildman–Crippen MR) is 81.2 cm³/mol. The van der Waals surface area contributed by atoms with Crippen LogP contribution in [0, 0.1) is 6.92 Å². The van der Waals surface area contributed by atoms with Crippen LogP contribution in [0.4, 0.5) is 0 Å². The molecule has 1 amide bonds. The molecule has 0 aliphatic heterocycles. The minimum absolute atomic E-state index is 0.690. The van der Waals surface area contributed by atoms with Crippen molar-refractivity contribution in [3.05, 3.63) is 18.0 Å². The van der Waals surface area contributed by atoms with E-state index in [1.807, 2.05) is 53.9 Å². The van der Waals surface area contributed by atoms with Gasteiger partial charge in [-0.1, -0.05) is 27.7 Å². The topological polar surface area (TPSA) is 56.1 Å². The van der Waals surface area contributed by atoms with E-state index in [0.29, 0.717) is 19.6 Å². The molecule has 0 aromatic carbocycles. The number of methoxy groups -OCH3 is 1. The lowest BCUT2D eigenvalue weighted by Gasteiger charge is -1.95. The van der Waals surface area contributed by atoms with Crippen LogP contribution in [0.25, 0.3) is 0 Å². The molecule has 0 fully saturated rings. The lowest BCUT2D eigenvalue weighted by Crippen LogP contribution is -2.13. The molecule has 0 aliphatic rings. The Morgan fingerprint density at radius 2 is 1.95 bits per heavy atom. The maximum Gasteiger partial charge on any atom is 0.207 e. The average Bonchev–Trinajstić information content (AvgIpc) is 2.84. The quantitative estimate of drug-likeness (QED) is 0.662. The summed E-state index contributed by atoms with van der Waals surface area (Å²) in [4.78, 5) is 9.62. The second-order valence-electron chi connectivity index (χ2n) is 3.05. The van der Waals surface area contributed by atoms with E-state index in [1.165, 1.54) is 0 Å². The van der Waals surface area contributed by atoms with Crippen LogP contribution >= 0.6 is 0 Å². The molecule has 5 heteroatoms. The predicted octanol–water partition coefficient (Wildman–Crippen LogP) is 2.55. The molecule has 0 unspecified atom stereocenters. The number of aryl methyl sites for hydroxylation is 2. The van der Waals surface area contributed by atoms with Crippen molar-refractivity contribution in [1.82, 2.24) is 15.1 Å². The molecule has 114 valence electrons. The van der Waals surface area contributed by atoms with Gasteiger partial charge in [-0.3, -0.25) is 9.48 Å². The molecule has 0 spiro atoms. The molecule has 1 heterocycles. The van der Waals surface area contributed by atoms with Crippen molar-refractivity contribution in [3.63, 3.8) is 0 Å². The van der Waals surface area contributed by atoms with Crippen LogP contribution in [0.1, 0.15) is 39.8 Å². The molecule has 0 atom stereocenters. The van der Waals surface area contributed by atoms with Crippen molar-refractivity contribution in [2.45, 2.75) is 41.0 Å². The fraction of sp³-hybridized carbons (Fsp3) is 0.714. The van der Waals surface area contributed by atoms with Gasteiger partial charge in [-0.25, -0.2) is 0 Å². The highest BCUT2D eigenvalue weighted by Gasteiger charge is 1.82. The highest BCUT2D eigenvalue weighted by atomic mass is 16.5. The van der Waals surface area contributed by atoms with Gasteiger partial charge in [0.05, 0.1) is 5.69 Å². The Balaban J connectivity index is -0.000000214. The van der Waals surface area contributed by atoms with E-state index in [-0.39, 0.29) is 0 Å². The standard InChI is InChI=1S/C5H8N2.C5H11NO2.2C2H6/c1-5-3-4-7(2)6-5;1-8-4-2-3-6-5-7;2*1-2/h3-4H,1-2H3;5H,2-4H2,1H3,(H,6,7);2*1-2H3. The minimum atomic E-state index is 0.690. The Hall–Kier alpha value is -1.36. The summed E-state index contributed by atoms with van der Waals surface area (Å²) in [5.41, 5.74) is 1.07. The number of hydrogen-bond acceptors (Lipinski definition) is 3. The largest absolute Gasteiger partial charge is 0.385 e. The zero-order valence-corrected chi connectivity index (χ0v) is 13.6. The number of carbonyl (C=O) groups is 1. The Morgan fingerprint density at radius 1 is 1.37 bits per heavy atom. The Morgan fingerprint density at radius 3 is 2.21 bits per heavy atom. The van der Waals surface area contributed by atoms with Gasteiger partial charge in [-0.15, -0.1) is 0 Å². The summed E-state index contributed by atoms with van der Waals surface area (Å²) in [5.74, 6) is 0. The first-order valence-electron chi connectivity index (χ1n) is 6.83. The molecule has 0 aliphatic carbocycles. The van der Waals surface area contributed by atoms with Crippen molar-refractivity contribution in [2.24, 2.45) is 7.05 Å². The molecule has 0 bridgehead atoms. The number of nitrogens with one attached hydrogen (secondary N) is 1. The van der Waals surface area contributed by atoms with Gasteiger partial charge < -0.3 is 10.1 Å². The molecule has 0 saturated heterocycles. The third-order valence-corrected chi connectivity index (χ3v) is 1.60. The summed E-state index contributed by atoms with van der Waals surface area (Å²) in [5, 5.41) is 6.55. The highest BCUT2D eigenvalue weighted by molar-refractivity contribution is 5.45. The van der Waals surface area contributed by atoms with Crippen LogP contribution in [-0.4, -0.2) is 36.5 Å². The van der Waals surface area contributed by atoms with Crippen LogP contribution in [-0.2, 0) is 16.6 Å². The van der Waals surface area contributed by atoms with Crippen LogP contribution in [0.15, 0.2) is 12.3 Å². The van der Waals surface area contributed by atoms with Crippen LogP contribution in [0.5, 0.6) is 0 Å². The maximum atomic E-state index is 9.62. The van der Waals surface area contributed by atoms with Crippen LogP contribution in [0.3, 0.4) is 0 Å². The molecule has 0 radical (unpaired) electrons. The number of aromatic nitrogens is 2. The zero-order chi connectivity index (χ0) is 15.5. The van der Waals surface area contributed by atoms with E-state index in [9.17, 15) is 4.79 Å². The summed E-state index contributed by atoms with van der Waals surface area (Å²) < 4.78 is 6.52. The number of ether oxygens (including phenoxy) is 1. The zero-order valence-electron chi connectivity index (χ0n) is 13.6. The second kappa shape index (κ2) is 21.9. The third-order valence-electron chi connectivity index (χ3n) is 1.60. The Bertz CT molecular complexity index is 246. The van der Waals surface area contributed by atoms with E-state index in [4.69, 9.17) is 4.74 Å². The monoisotopic (exact) mass is 273 g/mol. The van der Waals surface area contributed by atoms with Crippen molar-refractivity contribution >= 4 is 6.41 Å². The van der Waals surface area contributed by atoms with Crippen molar-refractivity contribution in [2.75, 3.05) is 20.3 Å². The molecule has 1 aromatic rings. The molecule has 0 saturated carbocycles. The average molecular weight is 273 g/mol. The first-order chi connectivity index (χ1) is 9.20. The van der Waals surface area contributed by atoms with E-state index >= 15 is 0 Å². The summed E-state index contributed by atoms with van der Waals surface area (Å²) >= 11 is 0. The fourth-order valence-corrected chi connectivity index (χ4v) is 0.909. The molecule has 1 aromatic heterocycles. The summed E-state index contributed by atoms with van der Waals surface area (Å²) in [6.45, 7) is 11.4. The van der Waals surface area contributed by atoms with E-state index in [1.54, 1.807) is 11.8 Å². The van der Waals surface area contributed by atoms with Crippen LogP contribution in [0.2, 0.25) is 0 Å². The smallest absolute Gasteiger partial charge is 0.207 e. The maximum absolute atomic E-state index is 9.62. The number of nitrogens with zero attached hydrogens (tertiary/aromatic N) is 2. The number of hydrogen-bond donors (Lipinski definition) is 1. The Kier molecular flexibility index (Phi) is 26.2. The first-order valence-corrected chi connectivity index (χ1v) is 6.83. The van der Waals surface area contributed by atoms with Gasteiger partial charge >= 0.3 is 0 Å². The van der Waals surface area contributed by atoms with E-state index in [0.717, 1.165) is 12.1 Å². The summed E-state index contributed by atoms with van der Waals surface area (Å²) in [6.07, 6.45) is 3.50. The number of amides is 1. The fourth-order valence-electron chi connectivity index (χ4n) is 0.909. The summed E-state index contributed by atoms with van der Waals surface area (Å²) in [6, 6.07) is 1.97. The van der Waals surface area contributed by atoms with Gasteiger partial charge in [0.25, 0.3) is 0 Å². The van der Waals surface area contributed by atoms with Gasteiger partial charge in [0.2, 0.25) is 6.41 Å². The third kappa shape index (κ3) is 22.3. The Labute approximate surface area is 118 Å². The molecular weight excluding hydrogens is 242 g/mol. The molecule has 5 nitrogen and oxygen atoms in total. The van der Waals surface area contributed by atoms with Gasteiger partial charge in [0, 0.05) is 33.5 Å². The number of carbonyl (C=O) groups excluding carboxylic acids is 1. The molecule has 19 heavy (non-hydrogen) atoms. The van der Waals surface area contributed by atoms with Crippen molar-refractivity contribution in [1.29, 1.82) is 0 Å². The van der Waals surface area contributed by atoms with Crippen LogP contribution < -0.4 is 5.32 Å². The normalized spacial score (nSPS) is 7.74. The number of rotatable bonds is 5. The lowest BCUT2D eigenvalue weighted by atomic mass is 10.5. The molecule has 1 rings (SSSR count). The van der Waals surface area contributed by atoms with Crippen molar-refractivity contribution < 1.29 is 9.53 Å². The van der Waals surface area contributed by atoms with Gasteiger partial charge in [0.15, 0.2) is 0 Å². The van der Waals surface area contributed by atoms with Gasteiger partial charge in [0.1, 0.15) is 0 Å². The SMILES string of the molecule is CC.CC.COCCCNC=O.Cc1ccn(C)n1.